The number of benzene rings is 1. The van der Waals surface area contributed by atoms with Crippen LogP contribution in [0.3, 0.4) is 0 Å². The minimum absolute atomic E-state index is 0.558. The van der Waals surface area contributed by atoms with E-state index in [1.54, 1.807) is 0 Å². The second-order valence-corrected chi connectivity index (χ2v) is 5.61. The number of aromatic nitrogens is 2. The molecule has 1 aromatic carbocycles. The smallest absolute Gasteiger partial charge is 0.259 e. The van der Waals surface area contributed by atoms with Gasteiger partial charge in [0.15, 0.2) is 5.82 Å². The molecule has 0 spiro atoms. The van der Waals surface area contributed by atoms with Crippen LogP contribution in [0.1, 0.15) is 12.2 Å². The van der Waals surface area contributed by atoms with Crippen molar-refractivity contribution in [2.75, 3.05) is 6.54 Å². The molecule has 0 amide bonds. The minimum atomic E-state index is 0.558. The van der Waals surface area contributed by atoms with Gasteiger partial charge in [-0.15, -0.1) is 0 Å². The molecule has 0 saturated carbocycles. The Hall–Kier alpha value is -0.470. The predicted molar refractivity (Wildman–Crippen MR) is 77.5 cm³/mol. The van der Waals surface area contributed by atoms with Gasteiger partial charge in [0, 0.05) is 14.5 Å². The van der Waals surface area contributed by atoms with Crippen LogP contribution in [0.2, 0.25) is 0 Å². The summed E-state index contributed by atoms with van der Waals surface area (Å²) in [6, 6.07) is 5.96. The van der Waals surface area contributed by atoms with E-state index in [2.05, 4.69) is 48.7 Å². The SMILES string of the molecule is NCCCc1noc(-c2cc(Br)ccc2I)n1. The molecule has 0 fully saturated rings. The molecule has 2 rings (SSSR count). The molecule has 1 heterocycles. The highest BCUT2D eigenvalue weighted by Gasteiger charge is 2.12. The van der Waals surface area contributed by atoms with Crippen molar-refractivity contribution in [1.82, 2.24) is 10.1 Å². The molecular formula is C11H11BrIN3O. The molecule has 0 unspecified atom stereocenters. The summed E-state index contributed by atoms with van der Waals surface area (Å²) < 4.78 is 7.33. The molecule has 0 aliphatic heterocycles. The van der Waals surface area contributed by atoms with Crippen LogP contribution in [0.25, 0.3) is 11.5 Å². The number of nitrogens with two attached hydrogens (primary N) is 1. The normalized spacial score (nSPS) is 10.8. The summed E-state index contributed by atoms with van der Waals surface area (Å²) in [6.07, 6.45) is 1.62. The fourth-order valence-electron chi connectivity index (χ4n) is 1.39. The molecule has 0 radical (unpaired) electrons. The van der Waals surface area contributed by atoms with E-state index < -0.39 is 0 Å². The molecule has 2 aromatic rings. The predicted octanol–water partition coefficient (Wildman–Crippen LogP) is 3.00. The molecule has 17 heavy (non-hydrogen) atoms. The van der Waals surface area contributed by atoms with Crippen molar-refractivity contribution in [1.29, 1.82) is 0 Å². The third kappa shape index (κ3) is 3.26. The summed E-state index contributed by atoms with van der Waals surface area (Å²) in [5.41, 5.74) is 6.40. The van der Waals surface area contributed by atoms with Gasteiger partial charge >= 0.3 is 0 Å². The Morgan fingerprint density at radius 3 is 3.00 bits per heavy atom. The molecule has 2 N–H and O–H groups in total. The Labute approximate surface area is 121 Å². The lowest BCUT2D eigenvalue weighted by atomic mass is 10.2. The van der Waals surface area contributed by atoms with Crippen molar-refractivity contribution in [2.45, 2.75) is 12.8 Å². The Balaban J connectivity index is 2.27. The molecule has 90 valence electrons. The summed E-state index contributed by atoms with van der Waals surface area (Å²) in [5, 5.41) is 3.94. The van der Waals surface area contributed by atoms with Crippen LogP contribution in [-0.2, 0) is 6.42 Å². The Bertz CT molecular complexity index is 515. The zero-order valence-corrected chi connectivity index (χ0v) is 12.7. The van der Waals surface area contributed by atoms with Crippen LogP contribution < -0.4 is 5.73 Å². The van der Waals surface area contributed by atoms with Crippen LogP contribution in [0.5, 0.6) is 0 Å². The molecule has 1 aromatic heterocycles. The van der Waals surface area contributed by atoms with Crippen molar-refractivity contribution < 1.29 is 4.52 Å². The molecule has 0 atom stereocenters. The van der Waals surface area contributed by atoms with E-state index in [1.165, 1.54) is 0 Å². The maximum atomic E-state index is 5.44. The zero-order chi connectivity index (χ0) is 12.3. The molecule has 0 aliphatic carbocycles. The number of nitrogens with zero attached hydrogens (tertiary/aromatic N) is 2. The first-order valence-electron chi connectivity index (χ1n) is 5.19. The molecule has 0 aliphatic rings. The Morgan fingerprint density at radius 2 is 2.24 bits per heavy atom. The minimum Gasteiger partial charge on any atom is -0.334 e. The van der Waals surface area contributed by atoms with Crippen molar-refractivity contribution in [3.05, 3.63) is 32.1 Å². The summed E-state index contributed by atoms with van der Waals surface area (Å²) in [6.45, 7) is 0.637. The highest BCUT2D eigenvalue weighted by molar-refractivity contribution is 14.1. The molecular weight excluding hydrogens is 397 g/mol. The van der Waals surface area contributed by atoms with Gasteiger partial charge in [-0.05, 0) is 53.8 Å². The highest BCUT2D eigenvalue weighted by Crippen LogP contribution is 2.27. The van der Waals surface area contributed by atoms with Crippen molar-refractivity contribution in [2.24, 2.45) is 5.73 Å². The molecule has 0 saturated heterocycles. The van der Waals surface area contributed by atoms with E-state index in [4.69, 9.17) is 10.3 Å². The lowest BCUT2D eigenvalue weighted by molar-refractivity contribution is 0.421. The van der Waals surface area contributed by atoms with Gasteiger partial charge in [-0.25, -0.2) is 0 Å². The largest absolute Gasteiger partial charge is 0.334 e. The van der Waals surface area contributed by atoms with Crippen LogP contribution in [0, 0.1) is 3.57 Å². The summed E-state index contributed by atoms with van der Waals surface area (Å²) in [4.78, 5) is 4.36. The molecule has 0 bridgehead atoms. The Morgan fingerprint density at radius 1 is 1.41 bits per heavy atom. The summed E-state index contributed by atoms with van der Waals surface area (Å²) in [7, 11) is 0. The van der Waals surface area contributed by atoms with Crippen LogP contribution >= 0.6 is 38.5 Å². The van der Waals surface area contributed by atoms with E-state index >= 15 is 0 Å². The van der Waals surface area contributed by atoms with Crippen molar-refractivity contribution >= 4 is 38.5 Å². The quantitative estimate of drug-likeness (QED) is 0.791. The van der Waals surface area contributed by atoms with Gasteiger partial charge in [-0.3, -0.25) is 0 Å². The standard InChI is InChI=1S/C11H11BrIN3O/c12-7-3-4-9(13)8(6-7)11-15-10(16-17-11)2-1-5-14/h3-4,6H,1-2,5,14H2. The zero-order valence-electron chi connectivity index (χ0n) is 8.99. The lowest BCUT2D eigenvalue weighted by Crippen LogP contribution is -2.01. The van der Waals surface area contributed by atoms with E-state index in [0.717, 1.165) is 26.4 Å². The molecule has 6 heteroatoms. The second kappa shape index (κ2) is 5.92. The van der Waals surface area contributed by atoms with Crippen molar-refractivity contribution in [3.8, 4) is 11.5 Å². The van der Waals surface area contributed by atoms with Gasteiger partial charge in [0.25, 0.3) is 5.89 Å². The number of rotatable bonds is 4. The Kier molecular flexibility index (Phi) is 4.52. The van der Waals surface area contributed by atoms with Gasteiger partial charge in [-0.2, -0.15) is 4.98 Å². The fourth-order valence-corrected chi connectivity index (χ4v) is 2.31. The van der Waals surface area contributed by atoms with Crippen LogP contribution in [0.15, 0.2) is 27.2 Å². The van der Waals surface area contributed by atoms with E-state index in [0.29, 0.717) is 18.3 Å². The average Bonchev–Trinajstić information content (AvgIpc) is 2.78. The van der Waals surface area contributed by atoms with E-state index in [1.807, 2.05) is 18.2 Å². The first kappa shape index (κ1) is 13.0. The van der Waals surface area contributed by atoms with Gasteiger partial charge in [0.2, 0.25) is 0 Å². The maximum Gasteiger partial charge on any atom is 0.259 e. The molecule has 4 nitrogen and oxygen atoms in total. The topological polar surface area (TPSA) is 64.9 Å². The van der Waals surface area contributed by atoms with E-state index in [9.17, 15) is 0 Å². The first-order valence-corrected chi connectivity index (χ1v) is 7.06. The van der Waals surface area contributed by atoms with Gasteiger partial charge in [-0.1, -0.05) is 21.1 Å². The van der Waals surface area contributed by atoms with Crippen molar-refractivity contribution in [3.63, 3.8) is 0 Å². The first-order chi connectivity index (χ1) is 8.20. The number of hydrogen-bond donors (Lipinski definition) is 1. The third-order valence-corrected chi connectivity index (χ3v) is 3.67. The highest BCUT2D eigenvalue weighted by atomic mass is 127. The van der Waals surface area contributed by atoms with Crippen LogP contribution in [0.4, 0.5) is 0 Å². The lowest BCUT2D eigenvalue weighted by Gasteiger charge is -1.99. The third-order valence-electron chi connectivity index (χ3n) is 2.23. The fraction of sp³-hybridized carbons (Fsp3) is 0.273. The number of halogens is 2. The monoisotopic (exact) mass is 407 g/mol. The average molecular weight is 408 g/mol. The summed E-state index contributed by atoms with van der Waals surface area (Å²) in [5.74, 6) is 1.27. The maximum absolute atomic E-state index is 5.44. The number of hydrogen-bond acceptors (Lipinski definition) is 4. The summed E-state index contributed by atoms with van der Waals surface area (Å²) >= 11 is 5.68. The number of aryl methyl sites for hydroxylation is 1. The van der Waals surface area contributed by atoms with E-state index in [-0.39, 0.29) is 0 Å². The van der Waals surface area contributed by atoms with Gasteiger partial charge < -0.3 is 10.3 Å². The van der Waals surface area contributed by atoms with Gasteiger partial charge in [0.1, 0.15) is 0 Å². The second-order valence-electron chi connectivity index (χ2n) is 3.53. The van der Waals surface area contributed by atoms with Crippen LogP contribution in [-0.4, -0.2) is 16.7 Å². The van der Waals surface area contributed by atoms with Gasteiger partial charge in [0.05, 0.1) is 5.56 Å².